The van der Waals surface area contributed by atoms with Crippen LogP contribution in [0.4, 0.5) is 11.5 Å². The number of anilines is 2. The number of rotatable bonds is 5. The molecule has 3 aromatic rings. The molecule has 0 saturated carbocycles. The van der Waals surface area contributed by atoms with E-state index in [1.807, 2.05) is 12.3 Å². The quantitative estimate of drug-likeness (QED) is 0.764. The Morgan fingerprint density at radius 2 is 1.92 bits per heavy atom. The van der Waals surface area contributed by atoms with Gasteiger partial charge >= 0.3 is 0 Å². The molecule has 0 aliphatic carbocycles. The highest BCUT2D eigenvalue weighted by atomic mass is 16.5. The Balaban J connectivity index is 1.87. The van der Waals surface area contributed by atoms with Crippen molar-refractivity contribution in [3.05, 3.63) is 48.4 Å². The van der Waals surface area contributed by atoms with Gasteiger partial charge in [-0.2, -0.15) is 5.10 Å². The molecule has 8 nitrogen and oxygen atoms in total. The summed E-state index contributed by atoms with van der Waals surface area (Å²) in [6.45, 7) is 6.66. The van der Waals surface area contributed by atoms with Gasteiger partial charge in [0.05, 0.1) is 30.4 Å². The topological polar surface area (TPSA) is 90.6 Å². The molecule has 0 radical (unpaired) electrons. The highest BCUT2D eigenvalue weighted by molar-refractivity contribution is 5.54. The third kappa shape index (κ3) is 4.16. The van der Waals surface area contributed by atoms with Gasteiger partial charge in [0.2, 0.25) is 5.95 Å². The molecule has 3 heterocycles. The molecule has 3 rings (SSSR count). The lowest BCUT2D eigenvalue weighted by atomic mass is 9.95. The van der Waals surface area contributed by atoms with Crippen molar-refractivity contribution in [2.24, 2.45) is 0 Å². The molecule has 0 amide bonds. The molecule has 0 bridgehead atoms. The largest absolute Gasteiger partial charge is 0.378 e. The molecule has 8 heteroatoms. The zero-order valence-electron chi connectivity index (χ0n) is 14.8. The Bertz CT molecular complexity index is 840. The molecule has 1 N–H and O–H groups in total. The number of hydrogen-bond acceptors (Lipinski definition) is 7. The first-order valence-corrected chi connectivity index (χ1v) is 7.92. The van der Waals surface area contributed by atoms with Gasteiger partial charge in [-0.05, 0) is 6.07 Å². The predicted octanol–water partition coefficient (Wildman–Crippen LogP) is 2.64. The van der Waals surface area contributed by atoms with Gasteiger partial charge in [0.1, 0.15) is 11.6 Å². The summed E-state index contributed by atoms with van der Waals surface area (Å²) in [6, 6.07) is 3.63. The molecule has 0 aromatic carbocycles. The zero-order valence-corrected chi connectivity index (χ0v) is 14.8. The second kappa shape index (κ2) is 6.94. The van der Waals surface area contributed by atoms with Crippen molar-refractivity contribution in [3.8, 4) is 5.95 Å². The maximum atomic E-state index is 5.21. The van der Waals surface area contributed by atoms with E-state index in [4.69, 9.17) is 4.74 Å². The summed E-state index contributed by atoms with van der Waals surface area (Å²) < 4.78 is 6.81. The number of nitrogens with one attached hydrogen (secondary N) is 1. The highest BCUT2D eigenvalue weighted by Gasteiger charge is 2.19. The minimum Gasteiger partial charge on any atom is -0.378 e. The fraction of sp³-hybridized carbons (Fsp3) is 0.353. The van der Waals surface area contributed by atoms with Gasteiger partial charge in [-0.25, -0.2) is 24.6 Å². The van der Waals surface area contributed by atoms with Gasteiger partial charge in [-0.3, -0.25) is 0 Å². The van der Waals surface area contributed by atoms with E-state index in [0.717, 1.165) is 17.2 Å². The van der Waals surface area contributed by atoms with E-state index in [1.165, 1.54) is 0 Å². The lowest BCUT2D eigenvalue weighted by molar-refractivity contribution is 0.181. The van der Waals surface area contributed by atoms with E-state index in [1.54, 1.807) is 36.4 Å². The predicted molar refractivity (Wildman–Crippen MR) is 93.9 cm³/mol. The Morgan fingerprint density at radius 3 is 2.60 bits per heavy atom. The van der Waals surface area contributed by atoms with Crippen molar-refractivity contribution in [1.82, 2.24) is 29.7 Å². The van der Waals surface area contributed by atoms with Crippen LogP contribution in [0.15, 0.2) is 36.9 Å². The van der Waals surface area contributed by atoms with Gasteiger partial charge in [-0.15, -0.1) is 0 Å². The van der Waals surface area contributed by atoms with E-state index in [0.29, 0.717) is 18.4 Å². The number of aromatic nitrogens is 6. The zero-order chi connectivity index (χ0) is 17.9. The van der Waals surface area contributed by atoms with Gasteiger partial charge in [-0.1, -0.05) is 20.8 Å². The number of hydrogen-bond donors (Lipinski definition) is 1. The molecule has 0 aliphatic rings. The van der Waals surface area contributed by atoms with Crippen LogP contribution in [0.5, 0.6) is 0 Å². The third-order valence-corrected chi connectivity index (χ3v) is 3.35. The first kappa shape index (κ1) is 17.0. The highest BCUT2D eigenvalue weighted by Crippen LogP contribution is 2.22. The smallest absolute Gasteiger partial charge is 0.250 e. The maximum absolute atomic E-state index is 5.21. The summed E-state index contributed by atoms with van der Waals surface area (Å²) in [7, 11) is 1.65. The fourth-order valence-corrected chi connectivity index (χ4v) is 2.17. The minimum absolute atomic E-state index is 0.164. The van der Waals surface area contributed by atoms with Crippen LogP contribution in [0, 0.1) is 0 Å². The van der Waals surface area contributed by atoms with Crippen LogP contribution in [0.2, 0.25) is 0 Å². The van der Waals surface area contributed by atoms with Gasteiger partial charge in [0.25, 0.3) is 0 Å². The fourth-order valence-electron chi connectivity index (χ4n) is 2.17. The summed E-state index contributed by atoms with van der Waals surface area (Å²) >= 11 is 0. The average molecular weight is 339 g/mol. The minimum atomic E-state index is -0.164. The molecule has 0 aliphatic heterocycles. The summed E-state index contributed by atoms with van der Waals surface area (Å²) in [5, 5.41) is 7.53. The molecule has 130 valence electrons. The number of ether oxygens (including phenoxy) is 1. The van der Waals surface area contributed by atoms with Gasteiger partial charge in [0, 0.05) is 31.0 Å². The molecule has 25 heavy (non-hydrogen) atoms. The molecule has 3 aromatic heterocycles. The molecule has 0 spiro atoms. The van der Waals surface area contributed by atoms with Crippen LogP contribution < -0.4 is 5.32 Å². The lowest BCUT2D eigenvalue weighted by Gasteiger charge is -2.18. The molecular weight excluding hydrogens is 318 g/mol. The van der Waals surface area contributed by atoms with Crippen molar-refractivity contribution >= 4 is 11.5 Å². The second-order valence-electron chi connectivity index (χ2n) is 6.60. The normalized spacial score (nSPS) is 11.5. The second-order valence-corrected chi connectivity index (χ2v) is 6.60. The molecule has 0 atom stereocenters. The first-order chi connectivity index (χ1) is 12.0. The van der Waals surface area contributed by atoms with Crippen LogP contribution in [-0.4, -0.2) is 36.8 Å². The van der Waals surface area contributed by atoms with Crippen molar-refractivity contribution < 1.29 is 4.74 Å². The van der Waals surface area contributed by atoms with Gasteiger partial charge in [0.15, 0.2) is 0 Å². The molecule has 0 unspecified atom stereocenters. The monoisotopic (exact) mass is 339 g/mol. The van der Waals surface area contributed by atoms with Crippen LogP contribution >= 0.6 is 0 Å². The van der Waals surface area contributed by atoms with E-state index in [9.17, 15) is 0 Å². The van der Waals surface area contributed by atoms with E-state index in [2.05, 4.69) is 51.1 Å². The third-order valence-electron chi connectivity index (χ3n) is 3.35. The maximum Gasteiger partial charge on any atom is 0.250 e. The van der Waals surface area contributed by atoms with Crippen molar-refractivity contribution in [3.63, 3.8) is 0 Å². The Morgan fingerprint density at radius 1 is 1.16 bits per heavy atom. The van der Waals surface area contributed by atoms with Gasteiger partial charge < -0.3 is 10.1 Å². The van der Waals surface area contributed by atoms with E-state index >= 15 is 0 Å². The van der Waals surface area contributed by atoms with E-state index in [-0.39, 0.29) is 5.41 Å². The molecule has 0 saturated heterocycles. The van der Waals surface area contributed by atoms with Crippen molar-refractivity contribution in [2.75, 3.05) is 12.4 Å². The van der Waals surface area contributed by atoms with Crippen LogP contribution in [-0.2, 0) is 16.8 Å². The average Bonchev–Trinajstić information content (AvgIpc) is 3.03. The van der Waals surface area contributed by atoms with E-state index < -0.39 is 0 Å². The number of nitrogens with zero attached hydrogens (tertiary/aromatic N) is 6. The Hall–Kier alpha value is -2.87. The molecule has 0 fully saturated rings. The summed E-state index contributed by atoms with van der Waals surface area (Å²) in [5.41, 5.74) is 1.44. The number of methoxy groups -OCH3 is 1. The van der Waals surface area contributed by atoms with Crippen LogP contribution in [0.3, 0.4) is 0 Å². The Labute approximate surface area is 146 Å². The lowest BCUT2D eigenvalue weighted by Crippen LogP contribution is -2.18. The first-order valence-electron chi connectivity index (χ1n) is 7.92. The Kier molecular flexibility index (Phi) is 4.71. The van der Waals surface area contributed by atoms with Crippen molar-refractivity contribution in [2.45, 2.75) is 32.8 Å². The summed E-state index contributed by atoms with van der Waals surface area (Å²) in [6.07, 6.45) is 6.86. The summed E-state index contributed by atoms with van der Waals surface area (Å²) in [4.78, 5) is 17.5. The van der Waals surface area contributed by atoms with Crippen LogP contribution in [0.25, 0.3) is 5.95 Å². The molecular formula is C17H21N7O. The SMILES string of the molecule is COCc1cc(Nc2cnn(-c3ncccn3)c2)nc(C(C)(C)C)n1. The standard InChI is InChI=1S/C17H21N7O/c1-17(2,3)15-22-12(11-25-4)8-14(23-15)21-13-9-20-24(10-13)16-18-6-5-7-19-16/h5-10H,11H2,1-4H3,(H,21,22,23). The summed E-state index contributed by atoms with van der Waals surface area (Å²) in [5.74, 6) is 1.96. The van der Waals surface area contributed by atoms with Crippen molar-refractivity contribution in [1.29, 1.82) is 0 Å². The van der Waals surface area contributed by atoms with Crippen LogP contribution in [0.1, 0.15) is 32.3 Å².